The number of urea groups is 1. The number of nitrogens with zero attached hydrogens (tertiary/aromatic N) is 3. The number of anilines is 1. The van der Waals surface area contributed by atoms with Crippen molar-refractivity contribution < 1.29 is 9.53 Å². The fourth-order valence-corrected chi connectivity index (χ4v) is 4.52. The monoisotopic (exact) mass is 392 g/mol. The Hall–Kier alpha value is -2.44. The van der Waals surface area contributed by atoms with Crippen LogP contribution in [0.25, 0.3) is 0 Å². The molecule has 29 heavy (non-hydrogen) atoms. The second-order valence-electron chi connectivity index (χ2n) is 8.49. The molecule has 1 unspecified atom stereocenters. The van der Waals surface area contributed by atoms with Gasteiger partial charge in [-0.3, -0.25) is 9.88 Å². The van der Waals surface area contributed by atoms with E-state index in [2.05, 4.69) is 33.4 Å². The molecule has 3 fully saturated rings. The quantitative estimate of drug-likeness (QED) is 0.848. The van der Waals surface area contributed by atoms with Crippen LogP contribution in [0, 0.1) is 0 Å². The van der Waals surface area contributed by atoms with Crippen molar-refractivity contribution in [1.29, 1.82) is 0 Å². The SMILES string of the molecule is O=C(Nc1ccc(C2CN(CC3CCCO3)C2)cc1)N1CC(c2cccnc2)C1. The van der Waals surface area contributed by atoms with Crippen molar-refractivity contribution in [2.75, 3.05) is 44.6 Å². The standard InChI is InChI=1S/C23H28N4O2/c28-23(27-14-20(15-27)18-3-1-9-24-11-18)25-21-7-5-17(6-8-21)19-12-26(13-19)16-22-4-2-10-29-22/h1,3,5-9,11,19-20,22H,2,4,10,12-16H2,(H,25,28). The second-order valence-corrected chi connectivity index (χ2v) is 8.49. The summed E-state index contributed by atoms with van der Waals surface area (Å²) in [4.78, 5) is 20.9. The van der Waals surface area contributed by atoms with E-state index in [0.29, 0.717) is 17.9 Å². The number of carbonyl (C=O) groups excluding carboxylic acids is 1. The molecule has 4 heterocycles. The van der Waals surface area contributed by atoms with E-state index in [-0.39, 0.29) is 6.03 Å². The predicted octanol–water partition coefficient (Wildman–Crippen LogP) is 3.29. The van der Waals surface area contributed by atoms with Crippen LogP contribution in [-0.2, 0) is 4.74 Å². The van der Waals surface area contributed by atoms with Crippen molar-refractivity contribution in [1.82, 2.24) is 14.8 Å². The van der Waals surface area contributed by atoms with Gasteiger partial charge in [0.1, 0.15) is 0 Å². The van der Waals surface area contributed by atoms with Gasteiger partial charge in [0.25, 0.3) is 0 Å². The summed E-state index contributed by atoms with van der Waals surface area (Å²) in [5, 5.41) is 3.02. The summed E-state index contributed by atoms with van der Waals surface area (Å²) in [6.45, 7) is 5.71. The van der Waals surface area contributed by atoms with E-state index in [0.717, 1.165) is 45.0 Å². The first-order valence-corrected chi connectivity index (χ1v) is 10.6. The van der Waals surface area contributed by atoms with Crippen LogP contribution in [0.1, 0.15) is 35.8 Å². The van der Waals surface area contributed by atoms with Gasteiger partial charge in [-0.2, -0.15) is 0 Å². The van der Waals surface area contributed by atoms with Gasteiger partial charge >= 0.3 is 6.03 Å². The molecule has 2 aromatic rings. The third kappa shape index (κ3) is 4.14. The number of aromatic nitrogens is 1. The molecule has 1 aromatic carbocycles. The Labute approximate surface area is 171 Å². The van der Waals surface area contributed by atoms with Crippen LogP contribution in [0.2, 0.25) is 0 Å². The van der Waals surface area contributed by atoms with Crippen molar-refractivity contribution in [3.05, 3.63) is 59.9 Å². The molecule has 0 aliphatic carbocycles. The summed E-state index contributed by atoms with van der Waals surface area (Å²) in [7, 11) is 0. The molecule has 0 bridgehead atoms. The van der Waals surface area contributed by atoms with Gasteiger partial charge in [0.15, 0.2) is 0 Å². The van der Waals surface area contributed by atoms with Crippen molar-refractivity contribution in [3.8, 4) is 0 Å². The third-order valence-electron chi connectivity index (χ3n) is 6.40. The smallest absolute Gasteiger partial charge is 0.321 e. The van der Waals surface area contributed by atoms with Gasteiger partial charge < -0.3 is 15.0 Å². The van der Waals surface area contributed by atoms with Gasteiger partial charge in [0.05, 0.1) is 6.10 Å². The van der Waals surface area contributed by atoms with Crippen LogP contribution in [0.4, 0.5) is 10.5 Å². The molecule has 0 saturated carbocycles. The van der Waals surface area contributed by atoms with Crippen molar-refractivity contribution >= 4 is 11.7 Å². The Morgan fingerprint density at radius 3 is 2.55 bits per heavy atom. The van der Waals surface area contributed by atoms with Crippen LogP contribution >= 0.6 is 0 Å². The zero-order valence-corrected chi connectivity index (χ0v) is 16.7. The molecule has 1 N–H and O–H groups in total. The van der Waals surface area contributed by atoms with E-state index in [1.54, 1.807) is 6.20 Å². The van der Waals surface area contributed by atoms with Crippen molar-refractivity contribution in [2.45, 2.75) is 30.8 Å². The minimum Gasteiger partial charge on any atom is -0.377 e. The number of rotatable bonds is 5. The lowest BCUT2D eigenvalue weighted by atomic mass is 9.91. The van der Waals surface area contributed by atoms with Crippen molar-refractivity contribution in [3.63, 3.8) is 0 Å². The topological polar surface area (TPSA) is 57.7 Å². The lowest BCUT2D eigenvalue weighted by Crippen LogP contribution is -2.50. The molecule has 6 nitrogen and oxygen atoms in total. The Bertz CT molecular complexity index is 824. The highest BCUT2D eigenvalue weighted by molar-refractivity contribution is 5.90. The number of hydrogen-bond donors (Lipinski definition) is 1. The molecule has 1 atom stereocenters. The maximum absolute atomic E-state index is 12.4. The summed E-state index contributed by atoms with van der Waals surface area (Å²) in [6.07, 6.45) is 6.52. The molecule has 152 valence electrons. The van der Waals surface area contributed by atoms with Gasteiger partial charge in [-0.15, -0.1) is 0 Å². The second kappa shape index (κ2) is 8.13. The average molecular weight is 393 g/mol. The van der Waals surface area contributed by atoms with Gasteiger partial charge in [-0.05, 0) is 42.2 Å². The van der Waals surface area contributed by atoms with Crippen molar-refractivity contribution in [2.24, 2.45) is 0 Å². The van der Waals surface area contributed by atoms with E-state index in [1.807, 2.05) is 29.3 Å². The zero-order valence-electron chi connectivity index (χ0n) is 16.7. The van der Waals surface area contributed by atoms with E-state index < -0.39 is 0 Å². The fourth-order valence-electron chi connectivity index (χ4n) is 4.52. The maximum atomic E-state index is 12.4. The number of benzene rings is 1. The highest BCUT2D eigenvalue weighted by Crippen LogP contribution is 2.30. The van der Waals surface area contributed by atoms with Gasteiger partial charge in [0, 0.05) is 69.2 Å². The van der Waals surface area contributed by atoms with E-state index >= 15 is 0 Å². The first-order chi connectivity index (χ1) is 14.2. The summed E-state index contributed by atoms with van der Waals surface area (Å²) >= 11 is 0. The molecule has 5 rings (SSSR count). The summed E-state index contributed by atoms with van der Waals surface area (Å²) in [5.41, 5.74) is 3.42. The van der Waals surface area contributed by atoms with E-state index in [9.17, 15) is 4.79 Å². The molecule has 0 radical (unpaired) electrons. The maximum Gasteiger partial charge on any atom is 0.321 e. The fraction of sp³-hybridized carbons (Fsp3) is 0.478. The first-order valence-electron chi connectivity index (χ1n) is 10.6. The number of nitrogens with one attached hydrogen (secondary N) is 1. The molecule has 6 heteroatoms. The molecule has 0 spiro atoms. The Kier molecular flexibility index (Phi) is 5.21. The molecule has 2 amide bonds. The number of hydrogen-bond acceptors (Lipinski definition) is 4. The zero-order chi connectivity index (χ0) is 19.6. The number of amides is 2. The number of pyridine rings is 1. The number of ether oxygens (including phenoxy) is 1. The van der Waals surface area contributed by atoms with E-state index in [1.165, 1.54) is 24.0 Å². The lowest BCUT2D eigenvalue weighted by Gasteiger charge is -2.41. The third-order valence-corrected chi connectivity index (χ3v) is 6.40. The molecule has 3 aliphatic rings. The predicted molar refractivity (Wildman–Crippen MR) is 112 cm³/mol. The highest BCUT2D eigenvalue weighted by Gasteiger charge is 2.32. The van der Waals surface area contributed by atoms with E-state index in [4.69, 9.17) is 4.74 Å². The van der Waals surface area contributed by atoms with Gasteiger partial charge in [-0.25, -0.2) is 4.79 Å². The Morgan fingerprint density at radius 1 is 1.07 bits per heavy atom. The van der Waals surface area contributed by atoms with Gasteiger partial charge in [-0.1, -0.05) is 18.2 Å². The molecule has 1 aromatic heterocycles. The molecule has 3 aliphatic heterocycles. The highest BCUT2D eigenvalue weighted by atomic mass is 16.5. The minimum absolute atomic E-state index is 0.0238. The van der Waals surface area contributed by atoms with Crippen LogP contribution in [-0.4, -0.2) is 66.2 Å². The van der Waals surface area contributed by atoms with Crippen LogP contribution < -0.4 is 5.32 Å². The largest absolute Gasteiger partial charge is 0.377 e. The van der Waals surface area contributed by atoms with Crippen LogP contribution in [0.15, 0.2) is 48.8 Å². The Balaban J connectivity index is 1.07. The molecular formula is C23H28N4O2. The number of carbonyl (C=O) groups is 1. The summed E-state index contributed by atoms with van der Waals surface area (Å²) in [5.74, 6) is 0.991. The number of likely N-dealkylation sites (tertiary alicyclic amines) is 2. The Morgan fingerprint density at radius 2 is 1.86 bits per heavy atom. The first kappa shape index (κ1) is 18.6. The normalized spacial score (nSPS) is 22.9. The summed E-state index contributed by atoms with van der Waals surface area (Å²) in [6, 6.07) is 12.3. The minimum atomic E-state index is -0.0238. The molecule has 3 saturated heterocycles. The summed E-state index contributed by atoms with van der Waals surface area (Å²) < 4.78 is 5.73. The van der Waals surface area contributed by atoms with Gasteiger partial charge in [0.2, 0.25) is 0 Å². The molecular weight excluding hydrogens is 364 g/mol. The lowest BCUT2D eigenvalue weighted by molar-refractivity contribution is 0.0421. The average Bonchev–Trinajstić information content (AvgIpc) is 3.18. The van der Waals surface area contributed by atoms with Crippen LogP contribution in [0.3, 0.4) is 0 Å². The van der Waals surface area contributed by atoms with Crippen LogP contribution in [0.5, 0.6) is 0 Å².